The van der Waals surface area contributed by atoms with E-state index >= 15 is 0 Å². The summed E-state index contributed by atoms with van der Waals surface area (Å²) in [5.41, 5.74) is -3.21. The van der Waals surface area contributed by atoms with Crippen molar-refractivity contribution in [1.29, 1.82) is 0 Å². The number of halogens is 4. The second kappa shape index (κ2) is 8.16. The minimum Gasteiger partial charge on any atom is -0.478 e. The van der Waals surface area contributed by atoms with Gasteiger partial charge in [0.1, 0.15) is 11.5 Å². The second-order valence-corrected chi connectivity index (χ2v) is 6.53. The van der Waals surface area contributed by atoms with Crippen LogP contribution in [0.15, 0.2) is 36.4 Å². The monoisotopic (exact) mass is 433 g/mol. The Hall–Kier alpha value is -3.01. The van der Waals surface area contributed by atoms with Crippen molar-refractivity contribution in [3.63, 3.8) is 0 Å². The Kier molecular flexibility index (Phi) is 6.27. The van der Waals surface area contributed by atoms with Crippen LogP contribution in [0.5, 0.6) is 17.2 Å². The molecule has 0 aromatic heterocycles. The first-order chi connectivity index (χ1) is 13.4. The van der Waals surface area contributed by atoms with Crippen molar-refractivity contribution in [2.24, 2.45) is 0 Å². The van der Waals surface area contributed by atoms with Crippen LogP contribution in [0.25, 0.3) is 0 Å². The van der Waals surface area contributed by atoms with E-state index in [1.807, 2.05) is 0 Å². The van der Waals surface area contributed by atoms with Gasteiger partial charge in [0.2, 0.25) is 11.4 Å². The number of carboxylic acids is 1. The predicted octanol–water partition coefficient (Wildman–Crippen LogP) is 5.69. The summed E-state index contributed by atoms with van der Waals surface area (Å²) in [7, 11) is 0. The molecule has 2 rings (SSSR count). The molecule has 1 unspecified atom stereocenters. The van der Waals surface area contributed by atoms with Gasteiger partial charge in [-0.1, -0.05) is 18.5 Å². The van der Waals surface area contributed by atoms with Crippen LogP contribution in [0.3, 0.4) is 0 Å². The van der Waals surface area contributed by atoms with Crippen LogP contribution in [-0.2, 0) is 11.0 Å². The van der Waals surface area contributed by atoms with Crippen molar-refractivity contribution >= 4 is 23.3 Å². The molecule has 0 spiro atoms. The smallest absolute Gasteiger partial charge is 0.416 e. The van der Waals surface area contributed by atoms with E-state index in [1.54, 1.807) is 0 Å². The van der Waals surface area contributed by atoms with E-state index in [4.69, 9.17) is 21.1 Å². The van der Waals surface area contributed by atoms with Crippen molar-refractivity contribution < 1.29 is 37.5 Å². The number of carbonyl (C=O) groups is 1. The predicted molar refractivity (Wildman–Crippen MR) is 96.6 cm³/mol. The van der Waals surface area contributed by atoms with E-state index in [0.29, 0.717) is 6.07 Å². The highest BCUT2D eigenvalue weighted by Crippen LogP contribution is 2.39. The van der Waals surface area contributed by atoms with Crippen molar-refractivity contribution in [1.82, 2.24) is 0 Å². The Morgan fingerprint density at radius 1 is 1.21 bits per heavy atom. The number of ether oxygens (including phenoxy) is 2. The Morgan fingerprint density at radius 2 is 1.86 bits per heavy atom. The largest absolute Gasteiger partial charge is 0.478 e. The van der Waals surface area contributed by atoms with Crippen LogP contribution in [0.2, 0.25) is 5.02 Å². The number of alkyl halides is 3. The van der Waals surface area contributed by atoms with E-state index in [9.17, 15) is 33.2 Å². The van der Waals surface area contributed by atoms with Gasteiger partial charge in [-0.15, -0.1) is 0 Å². The molecular formula is C18H15ClF3NO6. The summed E-state index contributed by atoms with van der Waals surface area (Å²) in [4.78, 5) is 21.9. The molecule has 0 amide bonds. The average Bonchev–Trinajstić information content (AvgIpc) is 2.62. The van der Waals surface area contributed by atoms with Gasteiger partial charge in [0.15, 0.2) is 0 Å². The van der Waals surface area contributed by atoms with Gasteiger partial charge < -0.3 is 14.6 Å². The molecule has 156 valence electrons. The van der Waals surface area contributed by atoms with Crippen LogP contribution in [0.1, 0.15) is 25.8 Å². The maximum Gasteiger partial charge on any atom is 0.416 e. The molecule has 1 N–H and O–H groups in total. The molecule has 0 aliphatic carbocycles. The Morgan fingerprint density at radius 3 is 2.34 bits per heavy atom. The summed E-state index contributed by atoms with van der Waals surface area (Å²) >= 11 is 5.84. The molecule has 0 radical (unpaired) electrons. The highest BCUT2D eigenvalue weighted by Gasteiger charge is 2.36. The van der Waals surface area contributed by atoms with Gasteiger partial charge in [0.25, 0.3) is 0 Å². The van der Waals surface area contributed by atoms with E-state index in [2.05, 4.69) is 0 Å². The van der Waals surface area contributed by atoms with Gasteiger partial charge >= 0.3 is 17.8 Å². The van der Waals surface area contributed by atoms with E-state index in [-0.39, 0.29) is 28.7 Å². The molecular weight excluding hydrogens is 419 g/mol. The van der Waals surface area contributed by atoms with Crippen LogP contribution < -0.4 is 9.47 Å². The summed E-state index contributed by atoms with van der Waals surface area (Å²) in [5, 5.41) is 20.2. The SMILES string of the molecule is CCC(C)(Oc1cc(Oc2ccc(C(F)(F)F)cc2Cl)ccc1[N+](=O)[O-])C(=O)O. The van der Waals surface area contributed by atoms with E-state index < -0.39 is 33.9 Å². The van der Waals surface area contributed by atoms with Crippen LogP contribution in [0, 0.1) is 10.1 Å². The van der Waals surface area contributed by atoms with Gasteiger partial charge in [-0.2, -0.15) is 13.2 Å². The third-order valence-corrected chi connectivity index (χ3v) is 4.37. The summed E-state index contributed by atoms with van der Waals surface area (Å²) in [6.45, 7) is 2.78. The van der Waals surface area contributed by atoms with E-state index in [1.165, 1.54) is 19.9 Å². The zero-order valence-electron chi connectivity index (χ0n) is 15.1. The molecule has 0 saturated heterocycles. The summed E-state index contributed by atoms with van der Waals surface area (Å²) in [6, 6.07) is 5.73. The Balaban J connectivity index is 2.41. The molecule has 0 aliphatic heterocycles. The number of nitro groups is 1. The molecule has 11 heteroatoms. The highest BCUT2D eigenvalue weighted by molar-refractivity contribution is 6.32. The lowest BCUT2D eigenvalue weighted by Crippen LogP contribution is -2.40. The minimum atomic E-state index is -4.59. The molecule has 7 nitrogen and oxygen atoms in total. The lowest BCUT2D eigenvalue weighted by atomic mass is 10.0. The number of aliphatic carboxylic acids is 1. The first-order valence-electron chi connectivity index (χ1n) is 8.13. The number of benzene rings is 2. The number of nitro benzene ring substituents is 1. The molecule has 2 aromatic carbocycles. The number of nitrogens with zero attached hydrogens (tertiary/aromatic N) is 1. The van der Waals surface area contributed by atoms with Crippen molar-refractivity contribution in [2.75, 3.05) is 0 Å². The first-order valence-corrected chi connectivity index (χ1v) is 8.50. The molecule has 2 aromatic rings. The van der Waals surface area contributed by atoms with Gasteiger partial charge in [-0.05, 0) is 37.6 Å². The molecule has 0 aliphatic rings. The van der Waals surface area contributed by atoms with Gasteiger partial charge in [-0.25, -0.2) is 4.79 Å². The summed E-state index contributed by atoms with van der Waals surface area (Å²) in [6.07, 6.45) is -4.58. The third kappa shape index (κ3) is 5.08. The molecule has 0 fully saturated rings. The van der Waals surface area contributed by atoms with Crippen LogP contribution in [-0.4, -0.2) is 21.6 Å². The molecule has 0 saturated carbocycles. The van der Waals surface area contributed by atoms with Crippen molar-refractivity contribution in [3.8, 4) is 17.2 Å². The van der Waals surface area contributed by atoms with Gasteiger partial charge in [0, 0.05) is 12.1 Å². The zero-order valence-corrected chi connectivity index (χ0v) is 15.9. The normalized spacial score (nSPS) is 13.4. The van der Waals surface area contributed by atoms with Crippen LogP contribution in [0.4, 0.5) is 18.9 Å². The summed E-state index contributed by atoms with van der Waals surface area (Å²) < 4.78 is 49.0. The Labute approximate surface area is 167 Å². The number of hydrogen-bond acceptors (Lipinski definition) is 5. The quantitative estimate of drug-likeness (QED) is 0.444. The van der Waals surface area contributed by atoms with Gasteiger partial charge in [0.05, 0.1) is 15.5 Å². The fourth-order valence-electron chi connectivity index (χ4n) is 2.19. The molecule has 1 atom stereocenters. The number of rotatable bonds is 7. The minimum absolute atomic E-state index is 0.00923. The second-order valence-electron chi connectivity index (χ2n) is 6.12. The fraction of sp³-hybridized carbons (Fsp3) is 0.278. The average molecular weight is 434 g/mol. The number of carboxylic acid groups (broad SMARTS) is 1. The lowest BCUT2D eigenvalue weighted by Gasteiger charge is -2.24. The van der Waals surface area contributed by atoms with Crippen molar-refractivity contribution in [3.05, 3.63) is 57.1 Å². The maximum absolute atomic E-state index is 12.7. The van der Waals surface area contributed by atoms with Crippen LogP contribution >= 0.6 is 11.6 Å². The lowest BCUT2D eigenvalue weighted by molar-refractivity contribution is -0.386. The fourth-order valence-corrected chi connectivity index (χ4v) is 2.41. The van der Waals surface area contributed by atoms with Gasteiger partial charge in [-0.3, -0.25) is 10.1 Å². The standard InChI is InChI=1S/C18H15ClF3NO6/c1-3-17(2,16(24)25)29-15-9-11(5-6-13(15)23(26)27)28-14-7-4-10(8-12(14)19)18(20,21)22/h4-9H,3H2,1-2H3,(H,24,25). The van der Waals surface area contributed by atoms with Crippen molar-refractivity contribution in [2.45, 2.75) is 32.0 Å². The zero-order chi connectivity index (χ0) is 22.0. The maximum atomic E-state index is 12.7. The highest BCUT2D eigenvalue weighted by atomic mass is 35.5. The first kappa shape index (κ1) is 22.3. The Bertz CT molecular complexity index is 950. The topological polar surface area (TPSA) is 98.9 Å². The molecule has 29 heavy (non-hydrogen) atoms. The van der Waals surface area contributed by atoms with E-state index in [0.717, 1.165) is 24.3 Å². The molecule has 0 heterocycles. The summed E-state index contributed by atoms with van der Waals surface area (Å²) in [5.74, 6) is -1.87. The third-order valence-electron chi connectivity index (χ3n) is 4.08. The molecule has 0 bridgehead atoms. The number of hydrogen-bond donors (Lipinski definition) is 1.